The van der Waals surface area contributed by atoms with Gasteiger partial charge in [-0.25, -0.2) is 15.0 Å². The molecule has 0 saturated carbocycles. The topological polar surface area (TPSA) is 195 Å². The molecule has 6 N–H and O–H groups in total. The molecular formula is C36H42B2N4O11P2S3. The van der Waals surface area contributed by atoms with Gasteiger partial charge in [-0.05, 0) is 87.8 Å². The highest BCUT2D eigenvalue weighted by atomic mass is 32.7. The molecule has 3 aromatic carbocycles. The largest absolute Gasteiger partial charge is 0.508 e. The molecule has 22 heteroatoms. The summed E-state index contributed by atoms with van der Waals surface area (Å²) in [6, 6.07) is 11.9. The maximum Gasteiger partial charge on any atom is 0.340 e. The van der Waals surface area contributed by atoms with Gasteiger partial charge in [0.1, 0.15) is 44.8 Å². The zero-order valence-electron chi connectivity index (χ0n) is 31.9. The predicted octanol–water partition coefficient (Wildman–Crippen LogP) is 5.82. The van der Waals surface area contributed by atoms with Crippen LogP contribution in [-0.4, -0.2) is 105 Å². The van der Waals surface area contributed by atoms with Crippen LogP contribution in [0.3, 0.4) is 0 Å². The maximum absolute atomic E-state index is 14.0. The molecular weight excluding hydrogens is 844 g/mol. The number of ether oxygens (including phenoxy) is 4. The highest BCUT2D eigenvalue weighted by Crippen LogP contribution is 2.59. The fraction of sp³-hybridized carbons (Fsp3) is 0.444. The third-order valence-electron chi connectivity index (χ3n) is 9.96. The van der Waals surface area contributed by atoms with E-state index in [1.54, 1.807) is 42.8 Å². The number of thiocarbonyl (C=S) groups is 1. The lowest BCUT2D eigenvalue weighted by molar-refractivity contribution is 0.0224. The minimum atomic E-state index is -3.56. The van der Waals surface area contributed by atoms with E-state index in [1.807, 2.05) is 13.8 Å². The molecule has 0 amide bonds. The van der Waals surface area contributed by atoms with Crippen molar-refractivity contribution in [2.24, 2.45) is 0 Å². The first-order chi connectivity index (χ1) is 27.5. The standard InChI is InChI=1S/C36H42B2N4O11P2S3/c1-18(2)41-54(46,57-3)48-17-31-27(15-33(38)52-31)42-55(47,58-4)49-16-30-26(14-32(37)51-30)40-35(56)39-19-5-8-23-22(11-19)34(45)53-36(23)24-9-6-20(43)12-28(24)50-29-13-21(44)7-10-25(29)36/h5-13,18,26-27,30-33,43-44H,14-17H2,1-4H3,(H,41,46)(H,42,47)(H2,39,40,56). The second kappa shape index (κ2) is 17.3. The molecule has 2 fully saturated rings. The predicted molar refractivity (Wildman–Crippen MR) is 229 cm³/mol. The van der Waals surface area contributed by atoms with Crippen LogP contribution < -0.4 is 25.5 Å². The van der Waals surface area contributed by atoms with E-state index < -0.39 is 61.3 Å². The van der Waals surface area contributed by atoms with Crippen molar-refractivity contribution in [3.05, 3.63) is 76.9 Å². The minimum Gasteiger partial charge on any atom is -0.508 e. The molecule has 58 heavy (non-hydrogen) atoms. The van der Waals surface area contributed by atoms with Gasteiger partial charge in [0.25, 0.3) is 0 Å². The van der Waals surface area contributed by atoms with Crippen LogP contribution in [0.2, 0.25) is 0 Å². The van der Waals surface area contributed by atoms with Crippen LogP contribution >= 0.6 is 48.4 Å². The molecule has 8 unspecified atom stereocenters. The van der Waals surface area contributed by atoms with Gasteiger partial charge >= 0.3 is 19.4 Å². The molecule has 4 heterocycles. The quantitative estimate of drug-likeness (QED) is 0.0490. The second-order valence-electron chi connectivity index (χ2n) is 14.4. The summed E-state index contributed by atoms with van der Waals surface area (Å²) in [4.78, 5) is 13.6. The van der Waals surface area contributed by atoms with E-state index >= 15 is 0 Å². The number of carbonyl (C=O) groups excluding carboxylic acids is 1. The van der Waals surface area contributed by atoms with E-state index in [0.29, 0.717) is 35.2 Å². The Labute approximate surface area is 352 Å². The Morgan fingerprint density at radius 3 is 2.02 bits per heavy atom. The summed E-state index contributed by atoms with van der Waals surface area (Å²) in [6.45, 7) is -3.17. The van der Waals surface area contributed by atoms with Gasteiger partial charge in [0.2, 0.25) is 0 Å². The number of anilines is 1. The maximum atomic E-state index is 14.0. The van der Waals surface area contributed by atoms with Crippen molar-refractivity contribution >= 4 is 80.9 Å². The van der Waals surface area contributed by atoms with Crippen LogP contribution in [0.25, 0.3) is 0 Å². The first kappa shape index (κ1) is 43.4. The van der Waals surface area contributed by atoms with Gasteiger partial charge in [0.05, 0.1) is 30.9 Å². The molecule has 4 aliphatic heterocycles. The Kier molecular flexibility index (Phi) is 13.0. The van der Waals surface area contributed by atoms with Crippen molar-refractivity contribution in [1.29, 1.82) is 0 Å². The number of esters is 1. The number of phenolic OH excluding ortho intramolecular Hbond substituents is 2. The van der Waals surface area contributed by atoms with E-state index in [2.05, 4.69) is 20.8 Å². The van der Waals surface area contributed by atoms with Gasteiger partial charge in [0.15, 0.2) is 10.7 Å². The Balaban J connectivity index is 1.01. The molecule has 0 bridgehead atoms. The Bertz CT molecular complexity index is 2130. The summed E-state index contributed by atoms with van der Waals surface area (Å²) in [5, 5.41) is 33.0. The van der Waals surface area contributed by atoms with E-state index in [-0.39, 0.29) is 52.9 Å². The van der Waals surface area contributed by atoms with Gasteiger partial charge in [-0.2, -0.15) is 0 Å². The third-order valence-corrected chi connectivity index (χ3v) is 17.7. The number of fused-ring (bicyclic) bond motifs is 6. The molecule has 0 aromatic heterocycles. The summed E-state index contributed by atoms with van der Waals surface area (Å²) >= 11 is 7.78. The number of hydrogen-bond acceptors (Lipinski definition) is 14. The number of carbonyl (C=O) groups is 1. The molecule has 4 radical (unpaired) electrons. The fourth-order valence-corrected chi connectivity index (χ4v) is 12.9. The molecule has 3 aromatic rings. The second-order valence-corrected chi connectivity index (χ2v) is 23.6. The first-order valence-corrected chi connectivity index (χ1v) is 25.6. The Morgan fingerprint density at radius 2 is 1.43 bits per heavy atom. The lowest BCUT2D eigenvalue weighted by Gasteiger charge is -2.36. The molecule has 2 saturated heterocycles. The Hall–Kier alpha value is -2.73. The van der Waals surface area contributed by atoms with E-state index in [1.165, 1.54) is 24.3 Å². The number of aromatic hydroxyl groups is 2. The molecule has 0 aliphatic carbocycles. The number of hydrogen-bond donors (Lipinski definition) is 6. The number of rotatable bonds is 14. The molecule has 8 atom stereocenters. The highest BCUT2D eigenvalue weighted by Gasteiger charge is 2.54. The number of benzene rings is 3. The normalized spacial score (nSPS) is 26.2. The van der Waals surface area contributed by atoms with Gasteiger partial charge < -0.3 is 48.8 Å². The van der Waals surface area contributed by atoms with E-state index in [4.69, 9.17) is 55.9 Å². The van der Waals surface area contributed by atoms with Crippen molar-refractivity contribution in [2.75, 3.05) is 31.0 Å². The van der Waals surface area contributed by atoms with E-state index in [0.717, 1.165) is 22.8 Å². The first-order valence-electron chi connectivity index (χ1n) is 18.3. The van der Waals surface area contributed by atoms with Crippen molar-refractivity contribution in [1.82, 2.24) is 15.5 Å². The zero-order chi connectivity index (χ0) is 41.6. The van der Waals surface area contributed by atoms with Crippen molar-refractivity contribution in [3.8, 4) is 23.0 Å². The summed E-state index contributed by atoms with van der Waals surface area (Å²) in [5.74, 6) is -0.128. The van der Waals surface area contributed by atoms with Gasteiger partial charge in [0, 0.05) is 58.6 Å². The van der Waals surface area contributed by atoms with Gasteiger partial charge in [-0.1, -0.05) is 28.8 Å². The molecule has 4 aliphatic rings. The summed E-state index contributed by atoms with van der Waals surface area (Å²) < 4.78 is 62.9. The molecule has 306 valence electrons. The van der Waals surface area contributed by atoms with Crippen LogP contribution in [-0.2, 0) is 38.0 Å². The van der Waals surface area contributed by atoms with Crippen molar-refractivity contribution in [2.45, 2.75) is 74.6 Å². The van der Waals surface area contributed by atoms with E-state index in [9.17, 15) is 24.1 Å². The third kappa shape index (κ3) is 8.99. The van der Waals surface area contributed by atoms with Crippen molar-refractivity contribution < 1.29 is 52.1 Å². The average molecular weight is 887 g/mol. The van der Waals surface area contributed by atoms with Gasteiger partial charge in [-0.3, -0.25) is 9.13 Å². The molecule has 1 spiro atoms. The van der Waals surface area contributed by atoms with Crippen LogP contribution in [0.4, 0.5) is 5.69 Å². The average Bonchev–Trinajstić information content (AvgIpc) is 3.80. The van der Waals surface area contributed by atoms with Crippen LogP contribution in [0.5, 0.6) is 23.0 Å². The highest BCUT2D eigenvalue weighted by molar-refractivity contribution is 8.56. The Morgan fingerprint density at radius 1 is 0.879 bits per heavy atom. The number of nitrogens with one attached hydrogen (secondary N) is 4. The summed E-state index contributed by atoms with van der Waals surface area (Å²) in [7, 11) is 12.3. The summed E-state index contributed by atoms with van der Waals surface area (Å²) in [5.41, 5.74) is 0.914. The fourth-order valence-electron chi connectivity index (χ4n) is 7.42. The minimum absolute atomic E-state index is 0.0417. The zero-order valence-corrected chi connectivity index (χ0v) is 36.1. The number of phenols is 2. The smallest absolute Gasteiger partial charge is 0.340 e. The van der Waals surface area contributed by atoms with Crippen molar-refractivity contribution in [3.63, 3.8) is 0 Å². The molecule has 7 rings (SSSR count). The van der Waals surface area contributed by atoms with Crippen LogP contribution in [0.1, 0.15) is 53.7 Å². The lowest BCUT2D eigenvalue weighted by atomic mass is 9.77. The summed E-state index contributed by atoms with van der Waals surface area (Å²) in [6.07, 6.45) is 2.75. The lowest BCUT2D eigenvalue weighted by Crippen LogP contribution is -2.44. The SMILES string of the molecule is [B]C1CC(NC(=S)Nc2ccc3c(c2)C(=O)OC32c3ccc(O)cc3Oc3cc(O)ccc32)C(COP(=O)(NC2CC([B])OC2COP(=O)(NC(C)C)SC)SC)O1. The molecule has 15 nitrogen and oxygen atoms in total. The van der Waals surface area contributed by atoms with Crippen LogP contribution in [0.15, 0.2) is 54.6 Å². The monoisotopic (exact) mass is 886 g/mol. The van der Waals surface area contributed by atoms with Gasteiger partial charge in [-0.15, -0.1) is 0 Å². The van der Waals surface area contributed by atoms with Crippen LogP contribution in [0, 0.1) is 0 Å².